The number of nitrogens with zero attached hydrogens (tertiary/aromatic N) is 1. The van der Waals surface area contributed by atoms with Gasteiger partial charge >= 0.3 is 0 Å². The molecule has 0 fully saturated rings. The van der Waals surface area contributed by atoms with Crippen molar-refractivity contribution < 1.29 is 0 Å². The molecule has 18 heavy (non-hydrogen) atoms. The smallest absolute Gasteiger partial charge is 0.0424 e. The maximum Gasteiger partial charge on any atom is 0.0424 e. The van der Waals surface area contributed by atoms with Crippen LogP contribution < -0.4 is 5.73 Å². The van der Waals surface area contributed by atoms with Crippen LogP contribution in [0.25, 0.3) is 0 Å². The van der Waals surface area contributed by atoms with E-state index in [0.29, 0.717) is 11.8 Å². The van der Waals surface area contributed by atoms with E-state index in [1.54, 1.807) is 0 Å². The Morgan fingerprint density at radius 1 is 0.889 bits per heavy atom. The fourth-order valence-corrected chi connectivity index (χ4v) is 2.34. The minimum atomic E-state index is 0.115. The van der Waals surface area contributed by atoms with Gasteiger partial charge in [0.25, 0.3) is 0 Å². The molecular weight excluding hydrogens is 220 g/mol. The van der Waals surface area contributed by atoms with Gasteiger partial charge in [-0.3, -0.25) is 0 Å². The highest BCUT2D eigenvalue weighted by molar-refractivity contribution is 5.18. The molecule has 1 aromatic rings. The summed E-state index contributed by atoms with van der Waals surface area (Å²) in [5, 5.41) is 0. The molecule has 2 heteroatoms. The van der Waals surface area contributed by atoms with Gasteiger partial charge in [0.2, 0.25) is 0 Å². The van der Waals surface area contributed by atoms with E-state index in [4.69, 9.17) is 5.73 Å². The van der Waals surface area contributed by atoms with Crippen LogP contribution in [0.4, 0.5) is 0 Å². The summed E-state index contributed by atoms with van der Waals surface area (Å²) in [5.41, 5.74) is 7.54. The number of hydrogen-bond acceptors (Lipinski definition) is 2. The molecule has 2 nitrogen and oxygen atoms in total. The second kappa shape index (κ2) is 7.55. The fourth-order valence-electron chi connectivity index (χ4n) is 2.34. The van der Waals surface area contributed by atoms with Gasteiger partial charge in [0, 0.05) is 25.7 Å². The molecule has 0 radical (unpaired) electrons. The lowest BCUT2D eigenvalue weighted by atomic mass is 10.1. The van der Waals surface area contributed by atoms with Gasteiger partial charge in [-0.25, -0.2) is 0 Å². The van der Waals surface area contributed by atoms with Crippen molar-refractivity contribution >= 4 is 0 Å². The lowest BCUT2D eigenvalue weighted by molar-refractivity contribution is 0.207. The predicted octanol–water partition coefficient (Wildman–Crippen LogP) is 3.30. The van der Waals surface area contributed by atoms with Crippen molar-refractivity contribution in [3.05, 3.63) is 35.9 Å². The zero-order valence-electron chi connectivity index (χ0n) is 12.3. The van der Waals surface area contributed by atoms with E-state index in [1.165, 1.54) is 5.56 Å². The van der Waals surface area contributed by atoms with Crippen molar-refractivity contribution in [2.24, 2.45) is 17.6 Å². The van der Waals surface area contributed by atoms with Crippen LogP contribution >= 0.6 is 0 Å². The summed E-state index contributed by atoms with van der Waals surface area (Å²) in [6.45, 7) is 12.3. The number of benzene rings is 1. The first-order valence-electron chi connectivity index (χ1n) is 7.02. The Morgan fingerprint density at radius 3 is 1.83 bits per heavy atom. The summed E-state index contributed by atoms with van der Waals surface area (Å²) in [6.07, 6.45) is 0. The van der Waals surface area contributed by atoms with Gasteiger partial charge in [0.1, 0.15) is 0 Å². The molecular formula is C16H28N2. The Labute approximate surface area is 112 Å². The lowest BCUT2D eigenvalue weighted by Crippen LogP contribution is -2.37. The van der Waals surface area contributed by atoms with E-state index < -0.39 is 0 Å². The Balaban J connectivity index is 2.59. The molecule has 1 atom stereocenters. The fraction of sp³-hybridized carbons (Fsp3) is 0.625. The van der Waals surface area contributed by atoms with Gasteiger partial charge in [-0.1, -0.05) is 58.0 Å². The maximum atomic E-state index is 6.31. The molecule has 1 rings (SSSR count). The monoisotopic (exact) mass is 248 g/mol. The van der Waals surface area contributed by atoms with E-state index >= 15 is 0 Å². The largest absolute Gasteiger partial charge is 0.323 e. The van der Waals surface area contributed by atoms with E-state index in [9.17, 15) is 0 Å². The van der Waals surface area contributed by atoms with Crippen LogP contribution in [0.3, 0.4) is 0 Å². The molecule has 0 bridgehead atoms. The van der Waals surface area contributed by atoms with E-state index in [0.717, 1.165) is 19.6 Å². The van der Waals surface area contributed by atoms with Crippen molar-refractivity contribution in [2.45, 2.75) is 33.7 Å². The topological polar surface area (TPSA) is 29.3 Å². The number of hydrogen-bond donors (Lipinski definition) is 1. The zero-order chi connectivity index (χ0) is 13.5. The van der Waals surface area contributed by atoms with Crippen LogP contribution in [0.1, 0.15) is 39.3 Å². The Morgan fingerprint density at radius 2 is 1.39 bits per heavy atom. The van der Waals surface area contributed by atoms with E-state index in [1.807, 2.05) is 6.07 Å². The van der Waals surface area contributed by atoms with Crippen LogP contribution in [0.5, 0.6) is 0 Å². The molecule has 0 aliphatic heterocycles. The first kappa shape index (κ1) is 15.2. The number of nitrogens with two attached hydrogens (primary N) is 1. The Bertz CT molecular complexity index is 309. The quantitative estimate of drug-likeness (QED) is 0.802. The average Bonchev–Trinajstić information content (AvgIpc) is 2.28. The highest BCUT2D eigenvalue weighted by Gasteiger charge is 2.14. The predicted molar refractivity (Wildman–Crippen MR) is 79.5 cm³/mol. The van der Waals surface area contributed by atoms with Gasteiger partial charge in [-0.15, -0.1) is 0 Å². The molecule has 0 saturated carbocycles. The van der Waals surface area contributed by atoms with Crippen LogP contribution in [-0.4, -0.2) is 24.5 Å². The van der Waals surface area contributed by atoms with Gasteiger partial charge < -0.3 is 10.6 Å². The van der Waals surface area contributed by atoms with Crippen molar-refractivity contribution in [1.29, 1.82) is 0 Å². The highest BCUT2D eigenvalue weighted by atomic mass is 15.1. The molecule has 2 N–H and O–H groups in total. The Hall–Kier alpha value is -0.860. The van der Waals surface area contributed by atoms with Gasteiger partial charge in [-0.2, -0.15) is 0 Å². The zero-order valence-corrected chi connectivity index (χ0v) is 12.3. The SMILES string of the molecule is CC(C)CN(CC(C)C)C[C@@H](N)c1ccccc1. The molecule has 0 heterocycles. The maximum absolute atomic E-state index is 6.31. The van der Waals surface area contributed by atoms with Crippen molar-refractivity contribution in [3.8, 4) is 0 Å². The molecule has 102 valence electrons. The van der Waals surface area contributed by atoms with Gasteiger partial charge in [0.15, 0.2) is 0 Å². The first-order chi connectivity index (χ1) is 8.49. The molecule has 0 amide bonds. The standard InChI is InChI=1S/C16H28N2/c1-13(2)10-18(11-14(3)4)12-16(17)15-8-6-5-7-9-15/h5-9,13-14,16H,10-12,17H2,1-4H3/t16-/m1/s1. The lowest BCUT2D eigenvalue weighted by Gasteiger charge is -2.28. The van der Waals surface area contributed by atoms with Crippen molar-refractivity contribution in [3.63, 3.8) is 0 Å². The summed E-state index contributed by atoms with van der Waals surface area (Å²) >= 11 is 0. The Kier molecular flexibility index (Phi) is 6.37. The molecule has 0 aliphatic rings. The minimum Gasteiger partial charge on any atom is -0.323 e. The normalized spacial score (nSPS) is 13.6. The van der Waals surface area contributed by atoms with Crippen LogP contribution in [-0.2, 0) is 0 Å². The molecule has 0 aromatic heterocycles. The summed E-state index contributed by atoms with van der Waals surface area (Å²) in [5.74, 6) is 1.37. The third kappa shape index (κ3) is 5.65. The molecule has 0 spiro atoms. The van der Waals surface area contributed by atoms with Crippen LogP contribution in [0.15, 0.2) is 30.3 Å². The third-order valence-corrected chi connectivity index (χ3v) is 2.93. The molecule has 0 saturated heterocycles. The van der Waals surface area contributed by atoms with Crippen molar-refractivity contribution in [1.82, 2.24) is 4.90 Å². The second-order valence-corrected chi connectivity index (χ2v) is 6.02. The second-order valence-electron chi connectivity index (χ2n) is 6.02. The molecule has 1 aromatic carbocycles. The average molecular weight is 248 g/mol. The van der Waals surface area contributed by atoms with E-state index in [2.05, 4.69) is 56.9 Å². The summed E-state index contributed by atoms with van der Waals surface area (Å²) < 4.78 is 0. The van der Waals surface area contributed by atoms with Crippen molar-refractivity contribution in [2.75, 3.05) is 19.6 Å². The number of rotatable bonds is 7. The summed E-state index contributed by atoms with van der Waals surface area (Å²) in [4.78, 5) is 2.49. The first-order valence-corrected chi connectivity index (χ1v) is 7.02. The third-order valence-electron chi connectivity index (χ3n) is 2.93. The van der Waals surface area contributed by atoms with Gasteiger partial charge in [0.05, 0.1) is 0 Å². The van der Waals surface area contributed by atoms with Crippen LogP contribution in [0, 0.1) is 11.8 Å². The molecule has 0 unspecified atom stereocenters. The molecule has 0 aliphatic carbocycles. The highest BCUT2D eigenvalue weighted by Crippen LogP contribution is 2.13. The van der Waals surface area contributed by atoms with E-state index in [-0.39, 0.29) is 6.04 Å². The van der Waals surface area contributed by atoms with Crippen LogP contribution in [0.2, 0.25) is 0 Å². The summed E-state index contributed by atoms with van der Waals surface area (Å²) in [6, 6.07) is 10.5. The minimum absolute atomic E-state index is 0.115. The van der Waals surface area contributed by atoms with Gasteiger partial charge in [-0.05, 0) is 17.4 Å². The summed E-state index contributed by atoms with van der Waals surface area (Å²) in [7, 11) is 0.